The number of aromatic nitrogens is 1. The first-order valence-electron chi connectivity index (χ1n) is 10.6. The van der Waals surface area contributed by atoms with Crippen LogP contribution in [0, 0.1) is 20.2 Å². The summed E-state index contributed by atoms with van der Waals surface area (Å²) in [5, 5.41) is 27.7. The summed E-state index contributed by atoms with van der Waals surface area (Å²) < 4.78 is 16.7. The van der Waals surface area contributed by atoms with Crippen molar-refractivity contribution < 1.29 is 28.9 Å². The second-order valence-corrected chi connectivity index (χ2v) is 7.49. The highest BCUT2D eigenvalue weighted by Crippen LogP contribution is 2.37. The maximum Gasteiger partial charge on any atom is 0.323 e. The molecule has 0 unspecified atom stereocenters. The highest BCUT2D eigenvalue weighted by atomic mass is 16.6. The summed E-state index contributed by atoms with van der Waals surface area (Å²) in [6, 6.07) is 13.7. The van der Waals surface area contributed by atoms with Crippen LogP contribution in [-0.4, -0.2) is 35.1 Å². The van der Waals surface area contributed by atoms with Gasteiger partial charge in [-0.15, -0.1) is 0 Å². The van der Waals surface area contributed by atoms with E-state index in [1.807, 2.05) is 0 Å². The lowest BCUT2D eigenvalue weighted by Crippen LogP contribution is -2.19. The van der Waals surface area contributed by atoms with Crippen LogP contribution in [0.1, 0.15) is 0 Å². The number of benzene rings is 3. The monoisotopic (exact) mass is 505 g/mol. The van der Waals surface area contributed by atoms with Crippen molar-refractivity contribution in [2.45, 2.75) is 0 Å². The normalized spacial score (nSPS) is 10.4. The molecule has 0 radical (unpaired) electrons. The number of methoxy groups -OCH3 is 2. The fraction of sp³-hybridized carbons (Fsp3) is 0.0833. The van der Waals surface area contributed by atoms with Gasteiger partial charge in [-0.1, -0.05) is 0 Å². The quantitative estimate of drug-likeness (QED) is 0.232. The number of fused-ring (bicyclic) bond motifs is 1. The molecule has 0 saturated heterocycles. The van der Waals surface area contributed by atoms with Gasteiger partial charge in [-0.3, -0.25) is 25.2 Å². The van der Waals surface area contributed by atoms with Crippen LogP contribution in [-0.2, 0) is 0 Å². The number of rotatable bonds is 8. The molecule has 1 heterocycles. The molecule has 4 rings (SSSR count). The summed E-state index contributed by atoms with van der Waals surface area (Å²) in [7, 11) is 3.07. The number of carbonyl (C=O) groups is 1. The van der Waals surface area contributed by atoms with Gasteiger partial charge in [-0.2, -0.15) is 0 Å². The number of nitro groups is 2. The van der Waals surface area contributed by atoms with Crippen molar-refractivity contribution in [2.24, 2.45) is 0 Å². The van der Waals surface area contributed by atoms with Crippen LogP contribution in [0.2, 0.25) is 0 Å². The Hall–Kier alpha value is -5.46. The van der Waals surface area contributed by atoms with Crippen molar-refractivity contribution in [3.8, 4) is 23.0 Å². The van der Waals surface area contributed by atoms with E-state index in [1.165, 1.54) is 14.2 Å². The standard InChI is InChI=1S/C24H19N5O8/c1-35-22-12-19-20(13-23(22)36-2)25-8-7-21(19)37-18-5-3-14(4-6-18)26-24(30)27-15-9-16(28(31)32)11-17(10-15)29(33)34/h3-13H,1-2H3,(H2,26,27,30). The molecule has 3 aromatic carbocycles. The Morgan fingerprint density at radius 3 is 1.97 bits per heavy atom. The zero-order valence-corrected chi connectivity index (χ0v) is 19.5. The SMILES string of the molecule is COc1cc2nccc(Oc3ccc(NC(=O)Nc4cc([N+](=O)[O-])cc([N+](=O)[O-])c4)cc3)c2cc1OC. The first-order valence-corrected chi connectivity index (χ1v) is 10.6. The summed E-state index contributed by atoms with van der Waals surface area (Å²) in [6.45, 7) is 0. The number of hydrogen-bond acceptors (Lipinski definition) is 9. The second-order valence-electron chi connectivity index (χ2n) is 7.49. The molecule has 13 heteroatoms. The molecule has 0 spiro atoms. The maximum atomic E-state index is 12.4. The molecule has 0 atom stereocenters. The van der Waals surface area contributed by atoms with Crippen molar-refractivity contribution in [3.05, 3.63) is 87.1 Å². The van der Waals surface area contributed by atoms with Gasteiger partial charge in [0.15, 0.2) is 11.5 Å². The molecule has 1 aromatic heterocycles. The molecular weight excluding hydrogens is 486 g/mol. The molecule has 0 bridgehead atoms. The molecule has 0 saturated carbocycles. The van der Waals surface area contributed by atoms with Crippen molar-refractivity contribution >= 4 is 39.7 Å². The number of amides is 2. The molecular formula is C24H19N5O8. The van der Waals surface area contributed by atoms with Crippen LogP contribution in [0.3, 0.4) is 0 Å². The number of ether oxygens (including phenoxy) is 3. The number of hydrogen-bond donors (Lipinski definition) is 2. The maximum absolute atomic E-state index is 12.4. The van der Waals surface area contributed by atoms with Crippen molar-refractivity contribution in [3.63, 3.8) is 0 Å². The average Bonchev–Trinajstić information content (AvgIpc) is 2.88. The first-order chi connectivity index (χ1) is 17.8. The number of nitrogens with zero attached hydrogens (tertiary/aromatic N) is 3. The molecule has 37 heavy (non-hydrogen) atoms. The number of pyridine rings is 1. The summed E-state index contributed by atoms with van der Waals surface area (Å²) in [4.78, 5) is 37.2. The van der Waals surface area contributed by atoms with E-state index in [1.54, 1.807) is 48.7 Å². The molecule has 0 aliphatic heterocycles. The Kier molecular flexibility index (Phi) is 6.95. The van der Waals surface area contributed by atoms with E-state index < -0.39 is 27.3 Å². The number of nitro benzene ring substituents is 2. The lowest BCUT2D eigenvalue weighted by atomic mass is 10.2. The number of carbonyl (C=O) groups excluding carboxylic acids is 1. The van der Waals surface area contributed by atoms with Gasteiger partial charge in [0.2, 0.25) is 0 Å². The van der Waals surface area contributed by atoms with Gasteiger partial charge in [0, 0.05) is 35.5 Å². The minimum atomic E-state index is -0.784. The molecule has 0 fully saturated rings. The summed E-state index contributed by atoms with van der Waals surface area (Å²) in [6.07, 6.45) is 1.60. The Bertz CT molecular complexity index is 1480. The van der Waals surface area contributed by atoms with E-state index in [4.69, 9.17) is 14.2 Å². The van der Waals surface area contributed by atoms with E-state index in [0.29, 0.717) is 39.6 Å². The van der Waals surface area contributed by atoms with E-state index >= 15 is 0 Å². The predicted octanol–water partition coefficient (Wildman–Crippen LogP) is 5.50. The minimum absolute atomic E-state index is 0.102. The summed E-state index contributed by atoms with van der Waals surface area (Å²) in [5.41, 5.74) is -0.117. The topological polar surface area (TPSA) is 168 Å². The Morgan fingerprint density at radius 1 is 0.784 bits per heavy atom. The smallest absolute Gasteiger partial charge is 0.323 e. The molecule has 188 valence electrons. The molecule has 2 N–H and O–H groups in total. The van der Waals surface area contributed by atoms with E-state index in [0.717, 1.165) is 18.2 Å². The molecule has 4 aromatic rings. The van der Waals surface area contributed by atoms with Gasteiger partial charge >= 0.3 is 6.03 Å². The Balaban J connectivity index is 1.47. The third kappa shape index (κ3) is 5.62. The second kappa shape index (κ2) is 10.4. The molecule has 13 nitrogen and oxygen atoms in total. The van der Waals surface area contributed by atoms with Crippen LogP contribution < -0.4 is 24.8 Å². The number of anilines is 2. The first kappa shape index (κ1) is 24.7. The van der Waals surface area contributed by atoms with Crippen LogP contribution in [0.15, 0.2) is 66.9 Å². The molecule has 2 amide bonds. The zero-order valence-electron chi connectivity index (χ0n) is 19.5. The lowest BCUT2D eigenvalue weighted by molar-refractivity contribution is -0.394. The van der Waals surface area contributed by atoms with Crippen LogP contribution in [0.5, 0.6) is 23.0 Å². The number of non-ortho nitro benzene ring substituents is 2. The number of nitrogens with one attached hydrogen (secondary N) is 2. The largest absolute Gasteiger partial charge is 0.493 e. The van der Waals surface area contributed by atoms with Gasteiger partial charge in [-0.05, 0) is 36.4 Å². The summed E-state index contributed by atoms with van der Waals surface area (Å²) in [5.74, 6) is 2.06. The van der Waals surface area contributed by atoms with Gasteiger partial charge < -0.3 is 24.8 Å². The number of urea groups is 1. The van der Waals surface area contributed by atoms with E-state index in [-0.39, 0.29) is 5.69 Å². The van der Waals surface area contributed by atoms with Crippen molar-refractivity contribution in [2.75, 3.05) is 24.9 Å². The van der Waals surface area contributed by atoms with Crippen LogP contribution in [0.25, 0.3) is 10.9 Å². The highest BCUT2D eigenvalue weighted by molar-refractivity contribution is 6.00. The van der Waals surface area contributed by atoms with Gasteiger partial charge in [-0.25, -0.2) is 4.79 Å². The van der Waals surface area contributed by atoms with Gasteiger partial charge in [0.1, 0.15) is 11.5 Å². The average molecular weight is 505 g/mol. The predicted molar refractivity (Wildman–Crippen MR) is 134 cm³/mol. The minimum Gasteiger partial charge on any atom is -0.493 e. The fourth-order valence-electron chi connectivity index (χ4n) is 3.44. The van der Waals surface area contributed by atoms with E-state index in [9.17, 15) is 25.0 Å². The van der Waals surface area contributed by atoms with Crippen molar-refractivity contribution in [1.82, 2.24) is 4.98 Å². The lowest BCUT2D eigenvalue weighted by Gasteiger charge is -2.13. The van der Waals surface area contributed by atoms with Crippen LogP contribution in [0.4, 0.5) is 27.5 Å². The Labute approximate surface area is 208 Å². The molecule has 0 aliphatic rings. The highest BCUT2D eigenvalue weighted by Gasteiger charge is 2.18. The molecule has 0 aliphatic carbocycles. The van der Waals surface area contributed by atoms with Crippen molar-refractivity contribution in [1.29, 1.82) is 0 Å². The van der Waals surface area contributed by atoms with Gasteiger partial charge in [0.25, 0.3) is 11.4 Å². The Morgan fingerprint density at radius 2 is 1.38 bits per heavy atom. The zero-order chi connectivity index (χ0) is 26.5. The van der Waals surface area contributed by atoms with Crippen LogP contribution >= 0.6 is 0 Å². The fourth-order valence-corrected chi connectivity index (χ4v) is 3.44. The van der Waals surface area contributed by atoms with Gasteiger partial charge in [0.05, 0.1) is 41.3 Å². The van der Waals surface area contributed by atoms with E-state index in [2.05, 4.69) is 15.6 Å². The third-order valence-corrected chi connectivity index (χ3v) is 5.13. The third-order valence-electron chi connectivity index (χ3n) is 5.13. The summed E-state index contributed by atoms with van der Waals surface area (Å²) >= 11 is 0.